The van der Waals surface area contributed by atoms with Crippen molar-refractivity contribution in [1.29, 1.82) is 10.5 Å². The van der Waals surface area contributed by atoms with Crippen molar-refractivity contribution >= 4 is 28.9 Å². The Morgan fingerprint density at radius 1 is 1.29 bits per heavy atom. The Balaban J connectivity index is 2.57. The first kappa shape index (κ1) is 17.7. The molecule has 0 atom stereocenters. The summed E-state index contributed by atoms with van der Waals surface area (Å²) in [5, 5.41) is 17.7. The molecule has 0 unspecified atom stereocenters. The average molecular weight is 352 g/mol. The molecule has 2 rings (SSSR count). The van der Waals surface area contributed by atoms with E-state index in [0.717, 1.165) is 11.0 Å². The van der Waals surface area contributed by atoms with Crippen molar-refractivity contribution in [1.82, 2.24) is 4.90 Å². The van der Waals surface area contributed by atoms with E-state index in [-0.39, 0.29) is 17.3 Å². The van der Waals surface area contributed by atoms with Gasteiger partial charge in [-0.15, -0.1) is 0 Å². The number of nitriles is 2. The van der Waals surface area contributed by atoms with E-state index in [4.69, 9.17) is 22.7 Å². The van der Waals surface area contributed by atoms with Crippen LogP contribution in [-0.2, 0) is 11.0 Å². The standard InChI is InChI=1S/C15H11F3N4OS/c1-14(2)12(23)22(13(24)21(14)6-5-19)10-4-3-9(8-20)11(7-10)15(16,17)18/h3-4,7H,6H2,1-2H3. The molecule has 0 radical (unpaired) electrons. The molecule has 24 heavy (non-hydrogen) atoms. The molecule has 1 amide bonds. The van der Waals surface area contributed by atoms with E-state index < -0.39 is 28.7 Å². The molecule has 0 bridgehead atoms. The van der Waals surface area contributed by atoms with Crippen molar-refractivity contribution in [2.24, 2.45) is 0 Å². The Morgan fingerprint density at radius 3 is 2.42 bits per heavy atom. The first-order valence-corrected chi connectivity index (χ1v) is 7.11. The molecule has 1 fully saturated rings. The highest BCUT2D eigenvalue weighted by Gasteiger charge is 2.49. The lowest BCUT2D eigenvalue weighted by Gasteiger charge is -2.26. The highest BCUT2D eigenvalue weighted by atomic mass is 32.1. The maximum absolute atomic E-state index is 13.1. The molecular weight excluding hydrogens is 341 g/mol. The number of alkyl halides is 3. The van der Waals surface area contributed by atoms with Crippen molar-refractivity contribution in [3.63, 3.8) is 0 Å². The number of halogens is 3. The van der Waals surface area contributed by atoms with Crippen molar-refractivity contribution in [3.8, 4) is 12.1 Å². The molecule has 5 nitrogen and oxygen atoms in total. The zero-order valence-corrected chi connectivity index (χ0v) is 13.5. The van der Waals surface area contributed by atoms with Crippen LogP contribution in [0.5, 0.6) is 0 Å². The SMILES string of the molecule is CC1(C)C(=O)N(c2ccc(C#N)c(C(F)(F)F)c2)C(=S)N1CC#N. The highest BCUT2D eigenvalue weighted by molar-refractivity contribution is 7.80. The fourth-order valence-corrected chi connectivity index (χ4v) is 2.88. The Labute approximate surface area is 141 Å². The predicted octanol–water partition coefficient (Wildman–Crippen LogP) is 2.81. The van der Waals surface area contributed by atoms with E-state index in [1.54, 1.807) is 0 Å². The molecule has 9 heteroatoms. The fourth-order valence-electron chi connectivity index (χ4n) is 2.40. The van der Waals surface area contributed by atoms with Gasteiger partial charge >= 0.3 is 6.18 Å². The first-order chi connectivity index (χ1) is 11.1. The topological polar surface area (TPSA) is 71.1 Å². The van der Waals surface area contributed by atoms with Crippen LogP contribution in [0.15, 0.2) is 18.2 Å². The second-order valence-electron chi connectivity index (χ2n) is 5.57. The van der Waals surface area contributed by atoms with Gasteiger partial charge in [0.25, 0.3) is 5.91 Å². The zero-order valence-electron chi connectivity index (χ0n) is 12.7. The Morgan fingerprint density at radius 2 is 1.92 bits per heavy atom. The summed E-state index contributed by atoms with van der Waals surface area (Å²) in [6, 6.07) is 6.29. The quantitative estimate of drug-likeness (QED) is 0.605. The molecule has 1 aromatic carbocycles. The number of nitrogens with zero attached hydrogens (tertiary/aromatic N) is 4. The lowest BCUT2D eigenvalue weighted by atomic mass is 10.0. The Kier molecular flexibility index (Phi) is 4.25. The number of hydrogen-bond donors (Lipinski definition) is 0. The summed E-state index contributed by atoms with van der Waals surface area (Å²) < 4.78 is 39.3. The number of benzene rings is 1. The van der Waals surface area contributed by atoms with Crippen molar-refractivity contribution in [2.75, 3.05) is 11.4 Å². The largest absolute Gasteiger partial charge is 0.417 e. The summed E-state index contributed by atoms with van der Waals surface area (Å²) in [4.78, 5) is 14.9. The number of anilines is 1. The fraction of sp³-hybridized carbons (Fsp3) is 0.333. The minimum atomic E-state index is -4.74. The number of carbonyl (C=O) groups excluding carboxylic acids is 1. The maximum Gasteiger partial charge on any atom is 0.417 e. The summed E-state index contributed by atoms with van der Waals surface area (Å²) >= 11 is 5.17. The monoisotopic (exact) mass is 352 g/mol. The van der Waals surface area contributed by atoms with Gasteiger partial charge in [0.05, 0.1) is 29.0 Å². The van der Waals surface area contributed by atoms with Gasteiger partial charge in [-0.05, 0) is 44.3 Å². The summed E-state index contributed by atoms with van der Waals surface area (Å²) in [7, 11) is 0. The molecule has 0 saturated carbocycles. The highest BCUT2D eigenvalue weighted by Crippen LogP contribution is 2.37. The molecule has 1 heterocycles. The Hall–Kier alpha value is -2.65. The van der Waals surface area contributed by atoms with E-state index in [1.165, 1.54) is 30.9 Å². The first-order valence-electron chi connectivity index (χ1n) is 6.70. The predicted molar refractivity (Wildman–Crippen MR) is 82.6 cm³/mol. The van der Waals surface area contributed by atoms with E-state index in [1.807, 2.05) is 6.07 Å². The molecule has 1 aromatic rings. The molecule has 0 aliphatic carbocycles. The Bertz CT molecular complexity index is 804. The number of thiocarbonyl (C=S) groups is 1. The molecule has 1 aliphatic heterocycles. The third kappa shape index (κ3) is 2.68. The second-order valence-corrected chi connectivity index (χ2v) is 5.93. The van der Waals surface area contributed by atoms with Gasteiger partial charge in [-0.2, -0.15) is 23.7 Å². The molecule has 124 valence electrons. The zero-order chi connectivity index (χ0) is 18.3. The van der Waals surface area contributed by atoms with Gasteiger partial charge in [0.15, 0.2) is 5.11 Å². The van der Waals surface area contributed by atoms with Gasteiger partial charge in [0.2, 0.25) is 0 Å². The molecule has 0 aromatic heterocycles. The summed E-state index contributed by atoms with van der Waals surface area (Å²) in [5.74, 6) is -0.541. The molecule has 0 spiro atoms. The van der Waals surface area contributed by atoms with Gasteiger partial charge in [0, 0.05) is 0 Å². The molecule has 1 saturated heterocycles. The average Bonchev–Trinajstić information content (AvgIpc) is 2.66. The van der Waals surface area contributed by atoms with Gasteiger partial charge in [-0.3, -0.25) is 9.69 Å². The lowest BCUT2D eigenvalue weighted by molar-refractivity contribution is -0.137. The van der Waals surface area contributed by atoms with Crippen LogP contribution in [0.25, 0.3) is 0 Å². The third-order valence-electron chi connectivity index (χ3n) is 3.74. The van der Waals surface area contributed by atoms with Gasteiger partial charge in [-0.25, -0.2) is 0 Å². The van der Waals surface area contributed by atoms with Crippen LogP contribution in [0.1, 0.15) is 25.0 Å². The van der Waals surface area contributed by atoms with Gasteiger partial charge in [-0.1, -0.05) is 0 Å². The number of rotatable bonds is 2. The summed E-state index contributed by atoms with van der Waals surface area (Å²) in [5.41, 5.74) is -2.93. The number of amides is 1. The normalized spacial score (nSPS) is 17.0. The van der Waals surface area contributed by atoms with Crippen molar-refractivity contribution < 1.29 is 18.0 Å². The number of carbonyl (C=O) groups is 1. The van der Waals surface area contributed by atoms with E-state index in [9.17, 15) is 18.0 Å². The smallest absolute Gasteiger partial charge is 0.321 e. The van der Waals surface area contributed by atoms with Crippen molar-refractivity contribution in [2.45, 2.75) is 25.6 Å². The molecular formula is C15H11F3N4OS. The van der Waals surface area contributed by atoms with E-state index in [2.05, 4.69) is 0 Å². The summed E-state index contributed by atoms with van der Waals surface area (Å²) in [6.45, 7) is 2.90. The molecule has 0 N–H and O–H groups in total. The maximum atomic E-state index is 13.1. The lowest BCUT2D eigenvalue weighted by Crippen LogP contribution is -2.44. The summed E-state index contributed by atoms with van der Waals surface area (Å²) in [6.07, 6.45) is -4.74. The van der Waals surface area contributed by atoms with Crippen LogP contribution in [-0.4, -0.2) is 28.0 Å². The third-order valence-corrected chi connectivity index (χ3v) is 4.14. The van der Waals surface area contributed by atoms with Crippen LogP contribution in [0.2, 0.25) is 0 Å². The van der Waals surface area contributed by atoms with E-state index in [0.29, 0.717) is 6.07 Å². The van der Waals surface area contributed by atoms with Gasteiger partial charge < -0.3 is 4.90 Å². The molecule has 1 aliphatic rings. The van der Waals surface area contributed by atoms with E-state index >= 15 is 0 Å². The number of hydrogen-bond acceptors (Lipinski definition) is 4. The van der Waals surface area contributed by atoms with Crippen LogP contribution in [0, 0.1) is 22.7 Å². The van der Waals surface area contributed by atoms with Crippen LogP contribution >= 0.6 is 12.2 Å². The van der Waals surface area contributed by atoms with Crippen LogP contribution in [0.3, 0.4) is 0 Å². The minimum absolute atomic E-state index is 0.0515. The van der Waals surface area contributed by atoms with Crippen LogP contribution in [0.4, 0.5) is 18.9 Å². The minimum Gasteiger partial charge on any atom is -0.321 e. The van der Waals surface area contributed by atoms with Gasteiger partial charge in [0.1, 0.15) is 12.1 Å². The van der Waals surface area contributed by atoms with Crippen LogP contribution < -0.4 is 4.90 Å². The van der Waals surface area contributed by atoms with Crippen molar-refractivity contribution in [3.05, 3.63) is 29.3 Å². The second kappa shape index (κ2) is 5.77.